The monoisotopic (exact) mass is 282 g/mol. The van der Waals surface area contributed by atoms with E-state index in [9.17, 15) is 9.90 Å². The molecule has 0 atom stereocenters. The third-order valence-corrected chi connectivity index (χ3v) is 2.94. The van der Waals surface area contributed by atoms with Crippen LogP contribution in [-0.4, -0.2) is 26.4 Å². The van der Waals surface area contributed by atoms with E-state index in [2.05, 4.69) is 10.2 Å². The van der Waals surface area contributed by atoms with Gasteiger partial charge in [0.1, 0.15) is 5.75 Å². The molecule has 0 saturated heterocycles. The van der Waals surface area contributed by atoms with Gasteiger partial charge in [-0.15, -0.1) is 10.2 Å². The lowest BCUT2D eigenvalue weighted by atomic mass is 10.1. The lowest BCUT2D eigenvalue weighted by molar-refractivity contribution is 0.0697. The van der Waals surface area contributed by atoms with E-state index >= 15 is 0 Å². The first-order chi connectivity index (χ1) is 10.1. The molecule has 2 N–H and O–H groups in total. The van der Waals surface area contributed by atoms with Crippen molar-refractivity contribution in [3.05, 3.63) is 54.1 Å². The van der Waals surface area contributed by atoms with Crippen molar-refractivity contribution >= 4 is 5.97 Å². The largest absolute Gasteiger partial charge is 0.507 e. The number of aromatic carboxylic acids is 1. The van der Waals surface area contributed by atoms with Crippen LogP contribution in [0, 0.1) is 0 Å². The third kappa shape index (κ3) is 2.46. The minimum atomic E-state index is -0.998. The highest BCUT2D eigenvalue weighted by atomic mass is 16.4. The molecule has 6 heteroatoms. The van der Waals surface area contributed by atoms with Crippen LogP contribution < -0.4 is 0 Å². The van der Waals surface area contributed by atoms with Crippen molar-refractivity contribution in [2.45, 2.75) is 0 Å². The fourth-order valence-corrected chi connectivity index (χ4v) is 1.86. The number of rotatable bonds is 3. The highest BCUT2D eigenvalue weighted by Gasteiger charge is 2.13. The Hall–Kier alpha value is -3.15. The van der Waals surface area contributed by atoms with Crippen LogP contribution in [0.25, 0.3) is 22.9 Å². The molecule has 0 spiro atoms. The molecule has 0 unspecified atom stereocenters. The van der Waals surface area contributed by atoms with E-state index < -0.39 is 5.97 Å². The van der Waals surface area contributed by atoms with Crippen molar-refractivity contribution in [3.8, 4) is 28.7 Å². The number of hydrogen-bond acceptors (Lipinski definition) is 5. The molecule has 0 amide bonds. The number of nitrogens with zero attached hydrogens (tertiary/aromatic N) is 2. The van der Waals surface area contributed by atoms with Gasteiger partial charge in [-0.3, -0.25) is 0 Å². The zero-order valence-electron chi connectivity index (χ0n) is 10.7. The topological polar surface area (TPSA) is 96.5 Å². The minimum absolute atomic E-state index is 0.0499. The summed E-state index contributed by atoms with van der Waals surface area (Å²) < 4.78 is 5.51. The summed E-state index contributed by atoms with van der Waals surface area (Å²) in [5.74, 6) is -0.494. The number of benzene rings is 2. The molecule has 0 radical (unpaired) electrons. The van der Waals surface area contributed by atoms with Crippen LogP contribution in [-0.2, 0) is 0 Å². The van der Waals surface area contributed by atoms with Crippen LogP contribution in [0.4, 0.5) is 0 Å². The van der Waals surface area contributed by atoms with Crippen molar-refractivity contribution in [2.75, 3.05) is 0 Å². The zero-order valence-corrected chi connectivity index (χ0v) is 10.7. The third-order valence-electron chi connectivity index (χ3n) is 2.94. The van der Waals surface area contributed by atoms with Gasteiger partial charge in [-0.2, -0.15) is 0 Å². The Morgan fingerprint density at radius 1 is 0.952 bits per heavy atom. The van der Waals surface area contributed by atoms with Crippen LogP contribution >= 0.6 is 0 Å². The summed E-state index contributed by atoms with van der Waals surface area (Å²) in [4.78, 5) is 10.8. The zero-order chi connectivity index (χ0) is 14.8. The SMILES string of the molecule is O=C(O)c1ccc(-c2nnc(-c3ccccc3O)o2)cc1. The summed E-state index contributed by atoms with van der Waals surface area (Å²) in [7, 11) is 0. The summed E-state index contributed by atoms with van der Waals surface area (Å²) in [6, 6.07) is 12.7. The number of hydrogen-bond donors (Lipinski definition) is 2. The van der Waals surface area contributed by atoms with Crippen LogP contribution in [0.5, 0.6) is 5.75 Å². The maximum atomic E-state index is 10.8. The summed E-state index contributed by atoms with van der Waals surface area (Å²) >= 11 is 0. The number of aromatic nitrogens is 2. The number of carboxylic acid groups (broad SMARTS) is 1. The summed E-state index contributed by atoms with van der Waals surface area (Å²) in [6.07, 6.45) is 0. The first kappa shape index (κ1) is 12.9. The molecule has 0 aliphatic heterocycles. The highest BCUT2D eigenvalue weighted by Crippen LogP contribution is 2.29. The lowest BCUT2D eigenvalue weighted by Crippen LogP contribution is -1.94. The fourth-order valence-electron chi connectivity index (χ4n) is 1.86. The number of phenolic OH excluding ortho intramolecular Hbond substituents is 1. The fraction of sp³-hybridized carbons (Fsp3) is 0. The van der Waals surface area contributed by atoms with Crippen LogP contribution in [0.1, 0.15) is 10.4 Å². The molecule has 104 valence electrons. The Kier molecular flexibility index (Phi) is 3.12. The molecule has 1 aromatic heterocycles. The van der Waals surface area contributed by atoms with E-state index in [1.165, 1.54) is 18.2 Å². The van der Waals surface area contributed by atoms with Gasteiger partial charge in [-0.1, -0.05) is 12.1 Å². The van der Waals surface area contributed by atoms with Crippen molar-refractivity contribution in [2.24, 2.45) is 0 Å². The van der Waals surface area contributed by atoms with Gasteiger partial charge in [0.05, 0.1) is 11.1 Å². The van der Waals surface area contributed by atoms with E-state index in [1.807, 2.05) is 0 Å². The summed E-state index contributed by atoms with van der Waals surface area (Å²) in [6.45, 7) is 0. The summed E-state index contributed by atoms with van der Waals surface area (Å²) in [5.41, 5.74) is 1.23. The number of carbonyl (C=O) groups is 1. The molecular formula is C15H10N2O4. The highest BCUT2D eigenvalue weighted by molar-refractivity contribution is 5.88. The predicted octanol–water partition coefficient (Wildman–Crippen LogP) is 2.81. The van der Waals surface area contributed by atoms with E-state index in [0.29, 0.717) is 11.1 Å². The molecule has 0 fully saturated rings. The molecule has 1 heterocycles. The van der Waals surface area contributed by atoms with Gasteiger partial charge in [-0.05, 0) is 36.4 Å². The Morgan fingerprint density at radius 3 is 2.29 bits per heavy atom. The van der Waals surface area contributed by atoms with Crippen LogP contribution in [0.15, 0.2) is 52.9 Å². The van der Waals surface area contributed by atoms with Crippen LogP contribution in [0.2, 0.25) is 0 Å². The van der Waals surface area contributed by atoms with Gasteiger partial charge in [0.25, 0.3) is 5.89 Å². The van der Waals surface area contributed by atoms with Gasteiger partial charge in [0, 0.05) is 5.56 Å². The molecule has 0 aliphatic carbocycles. The Bertz CT molecular complexity index is 793. The maximum absolute atomic E-state index is 10.8. The average molecular weight is 282 g/mol. The average Bonchev–Trinajstić information content (AvgIpc) is 2.97. The Balaban J connectivity index is 1.95. The number of aromatic hydroxyl groups is 1. The minimum Gasteiger partial charge on any atom is -0.507 e. The van der Waals surface area contributed by atoms with Crippen molar-refractivity contribution in [3.63, 3.8) is 0 Å². The molecule has 6 nitrogen and oxygen atoms in total. The van der Waals surface area contributed by atoms with E-state index in [0.717, 1.165) is 0 Å². The van der Waals surface area contributed by atoms with E-state index in [1.54, 1.807) is 30.3 Å². The van der Waals surface area contributed by atoms with Crippen molar-refractivity contribution in [1.82, 2.24) is 10.2 Å². The second kappa shape index (κ2) is 5.09. The number of para-hydroxylation sites is 1. The van der Waals surface area contributed by atoms with E-state index in [-0.39, 0.29) is 23.1 Å². The van der Waals surface area contributed by atoms with Crippen molar-refractivity contribution in [1.29, 1.82) is 0 Å². The first-order valence-corrected chi connectivity index (χ1v) is 6.11. The first-order valence-electron chi connectivity index (χ1n) is 6.11. The van der Waals surface area contributed by atoms with Gasteiger partial charge >= 0.3 is 5.97 Å². The standard InChI is InChI=1S/C15H10N2O4/c18-12-4-2-1-3-11(12)14-17-16-13(21-14)9-5-7-10(8-6-9)15(19)20/h1-8,18H,(H,19,20). The maximum Gasteiger partial charge on any atom is 0.335 e. The Labute approximate surface area is 119 Å². The van der Waals surface area contributed by atoms with Gasteiger partial charge in [0.2, 0.25) is 5.89 Å². The molecule has 0 bridgehead atoms. The second-order valence-electron chi connectivity index (χ2n) is 4.31. The van der Waals surface area contributed by atoms with Crippen molar-refractivity contribution < 1.29 is 19.4 Å². The second-order valence-corrected chi connectivity index (χ2v) is 4.31. The Morgan fingerprint density at radius 2 is 1.62 bits per heavy atom. The molecular weight excluding hydrogens is 272 g/mol. The normalized spacial score (nSPS) is 10.5. The molecule has 2 aromatic carbocycles. The van der Waals surface area contributed by atoms with Gasteiger partial charge in [-0.25, -0.2) is 4.79 Å². The number of carboxylic acids is 1. The smallest absolute Gasteiger partial charge is 0.335 e. The molecule has 21 heavy (non-hydrogen) atoms. The lowest BCUT2D eigenvalue weighted by Gasteiger charge is -1.98. The van der Waals surface area contributed by atoms with E-state index in [4.69, 9.17) is 9.52 Å². The number of phenols is 1. The molecule has 3 aromatic rings. The molecule has 0 aliphatic rings. The predicted molar refractivity (Wildman–Crippen MR) is 73.8 cm³/mol. The van der Waals surface area contributed by atoms with Gasteiger partial charge < -0.3 is 14.6 Å². The summed E-state index contributed by atoms with van der Waals surface area (Å²) in [5, 5.41) is 26.4. The van der Waals surface area contributed by atoms with Gasteiger partial charge in [0.15, 0.2) is 0 Å². The molecule has 3 rings (SSSR count). The quantitative estimate of drug-likeness (QED) is 0.766. The van der Waals surface area contributed by atoms with Crippen LogP contribution in [0.3, 0.4) is 0 Å². The molecule has 0 saturated carbocycles.